The van der Waals surface area contributed by atoms with Crippen LogP contribution in [0.3, 0.4) is 0 Å². The maximum Gasteiger partial charge on any atom is 0.240 e. The highest BCUT2D eigenvalue weighted by molar-refractivity contribution is 7.89. The van der Waals surface area contributed by atoms with Crippen molar-refractivity contribution in [2.75, 3.05) is 0 Å². The normalized spacial score (nSPS) is 22.9. The van der Waals surface area contributed by atoms with Gasteiger partial charge in [-0.25, -0.2) is 13.1 Å². The minimum absolute atomic E-state index is 0.0491. The van der Waals surface area contributed by atoms with E-state index in [1.54, 1.807) is 24.3 Å². The van der Waals surface area contributed by atoms with E-state index < -0.39 is 10.0 Å². The number of sulfonamides is 1. The summed E-state index contributed by atoms with van der Waals surface area (Å²) in [5.41, 5.74) is 6.19. The molecule has 3 N–H and O–H groups in total. The second kappa shape index (κ2) is 6.85. The lowest BCUT2D eigenvalue weighted by atomic mass is 9.85. The summed E-state index contributed by atoms with van der Waals surface area (Å²) in [5.74, 6) is 0.746. The zero-order valence-corrected chi connectivity index (χ0v) is 13.8. The van der Waals surface area contributed by atoms with E-state index in [4.69, 9.17) is 18.0 Å². The zero-order chi connectivity index (χ0) is 15.5. The van der Waals surface area contributed by atoms with Crippen molar-refractivity contribution < 1.29 is 8.42 Å². The highest BCUT2D eigenvalue weighted by Gasteiger charge is 2.24. The number of thiocarbonyl (C=S) groups is 1. The first kappa shape index (κ1) is 16.4. The number of benzene rings is 1. The molecule has 0 saturated heterocycles. The Hall–Kier alpha value is -0.980. The van der Waals surface area contributed by atoms with Gasteiger partial charge < -0.3 is 5.73 Å². The van der Waals surface area contributed by atoms with Gasteiger partial charge in [-0.2, -0.15) is 0 Å². The Morgan fingerprint density at radius 2 is 1.81 bits per heavy atom. The number of rotatable bonds is 5. The summed E-state index contributed by atoms with van der Waals surface area (Å²) in [4.78, 5) is 0.532. The molecule has 0 amide bonds. The average molecular weight is 326 g/mol. The largest absolute Gasteiger partial charge is 0.389 e. The van der Waals surface area contributed by atoms with E-state index in [0.717, 1.165) is 31.6 Å². The van der Waals surface area contributed by atoms with E-state index in [0.29, 0.717) is 5.56 Å². The molecule has 2 rings (SSSR count). The summed E-state index contributed by atoms with van der Waals surface area (Å²) in [6.45, 7) is 2.19. The molecule has 0 aromatic heterocycles. The molecule has 1 saturated carbocycles. The molecule has 0 atom stereocenters. The monoisotopic (exact) mass is 326 g/mol. The molecule has 0 heterocycles. The fraction of sp³-hybridized carbons (Fsp3) is 0.533. The van der Waals surface area contributed by atoms with E-state index in [9.17, 15) is 8.42 Å². The smallest absolute Gasteiger partial charge is 0.240 e. The molecule has 4 nitrogen and oxygen atoms in total. The number of nitrogens with two attached hydrogens (primary N) is 1. The minimum Gasteiger partial charge on any atom is -0.389 e. The summed E-state index contributed by atoms with van der Waals surface area (Å²) in [6.07, 6.45) is 5.22. The van der Waals surface area contributed by atoms with Gasteiger partial charge in [-0.05, 0) is 43.7 Å². The van der Waals surface area contributed by atoms with Gasteiger partial charge in [0.25, 0.3) is 0 Å². The van der Waals surface area contributed by atoms with Crippen molar-refractivity contribution in [1.82, 2.24) is 4.72 Å². The predicted molar refractivity (Wildman–Crippen MR) is 88.7 cm³/mol. The van der Waals surface area contributed by atoms with Crippen LogP contribution in [0.1, 0.15) is 44.6 Å². The number of hydrogen-bond donors (Lipinski definition) is 2. The topological polar surface area (TPSA) is 72.2 Å². The van der Waals surface area contributed by atoms with Crippen LogP contribution in [0.4, 0.5) is 0 Å². The maximum atomic E-state index is 12.4. The molecule has 1 aromatic carbocycles. The van der Waals surface area contributed by atoms with Crippen LogP contribution in [0.5, 0.6) is 0 Å². The molecule has 0 aliphatic heterocycles. The Kier molecular flexibility index (Phi) is 5.35. The lowest BCUT2D eigenvalue weighted by Gasteiger charge is -2.28. The molecular weight excluding hydrogens is 304 g/mol. The fourth-order valence-corrected chi connectivity index (χ4v) is 4.22. The van der Waals surface area contributed by atoms with Crippen molar-refractivity contribution in [3.05, 3.63) is 29.8 Å². The van der Waals surface area contributed by atoms with Gasteiger partial charge in [-0.1, -0.05) is 37.7 Å². The van der Waals surface area contributed by atoms with Crippen LogP contribution in [0.25, 0.3) is 0 Å². The quantitative estimate of drug-likeness (QED) is 0.816. The van der Waals surface area contributed by atoms with Crippen LogP contribution < -0.4 is 10.5 Å². The Morgan fingerprint density at radius 3 is 2.29 bits per heavy atom. The third kappa shape index (κ3) is 4.25. The first-order valence-electron chi connectivity index (χ1n) is 7.34. The van der Waals surface area contributed by atoms with Gasteiger partial charge in [0.15, 0.2) is 0 Å². The van der Waals surface area contributed by atoms with E-state index in [2.05, 4.69) is 11.6 Å². The molecule has 21 heavy (non-hydrogen) atoms. The summed E-state index contributed by atoms with van der Waals surface area (Å²) >= 11 is 4.86. The van der Waals surface area contributed by atoms with Crippen molar-refractivity contribution in [3.8, 4) is 0 Å². The van der Waals surface area contributed by atoms with Crippen LogP contribution >= 0.6 is 12.2 Å². The summed E-state index contributed by atoms with van der Waals surface area (Å²) in [6, 6.07) is 6.44. The molecule has 1 aromatic rings. The van der Waals surface area contributed by atoms with Gasteiger partial charge in [0, 0.05) is 11.6 Å². The Morgan fingerprint density at radius 1 is 1.24 bits per heavy atom. The molecule has 1 aliphatic rings. The Balaban J connectivity index is 2.03. The second-order valence-corrected chi connectivity index (χ2v) is 7.79. The van der Waals surface area contributed by atoms with Crippen LogP contribution in [0.2, 0.25) is 0 Å². The van der Waals surface area contributed by atoms with Gasteiger partial charge in [0.1, 0.15) is 4.99 Å². The third-order valence-corrected chi connectivity index (χ3v) is 5.97. The van der Waals surface area contributed by atoms with E-state index in [1.807, 2.05) is 0 Å². The standard InChI is InChI=1S/C15H22N2O2S2/c1-2-11-3-7-13(8-4-11)17-21(18,19)14-9-5-12(6-10-14)15(16)20/h5-6,9-11,13,17H,2-4,7-8H2,1H3,(H2,16,20). The first-order valence-corrected chi connectivity index (χ1v) is 9.23. The molecule has 1 aliphatic carbocycles. The van der Waals surface area contributed by atoms with Crippen LogP contribution in [-0.2, 0) is 10.0 Å². The van der Waals surface area contributed by atoms with Crippen molar-refractivity contribution in [1.29, 1.82) is 0 Å². The predicted octanol–water partition coefficient (Wildman–Crippen LogP) is 2.57. The number of nitrogens with one attached hydrogen (secondary N) is 1. The van der Waals surface area contributed by atoms with Gasteiger partial charge in [-0.3, -0.25) is 0 Å². The molecule has 0 unspecified atom stereocenters. The highest BCUT2D eigenvalue weighted by atomic mass is 32.2. The molecule has 1 fully saturated rings. The van der Waals surface area contributed by atoms with E-state index in [1.165, 1.54) is 6.42 Å². The SMILES string of the molecule is CCC1CCC(NS(=O)(=O)c2ccc(C(N)=S)cc2)CC1. The summed E-state index contributed by atoms with van der Waals surface area (Å²) in [5, 5.41) is 0. The van der Waals surface area contributed by atoms with Crippen molar-refractivity contribution in [2.45, 2.75) is 50.0 Å². The van der Waals surface area contributed by atoms with Gasteiger partial charge in [-0.15, -0.1) is 0 Å². The lowest BCUT2D eigenvalue weighted by molar-refractivity contribution is 0.306. The maximum absolute atomic E-state index is 12.4. The van der Waals surface area contributed by atoms with Crippen molar-refractivity contribution in [2.24, 2.45) is 11.7 Å². The first-order chi connectivity index (χ1) is 9.92. The minimum atomic E-state index is -3.46. The van der Waals surface area contributed by atoms with E-state index in [-0.39, 0.29) is 15.9 Å². The Labute approximate surface area is 132 Å². The highest BCUT2D eigenvalue weighted by Crippen LogP contribution is 2.27. The van der Waals surface area contributed by atoms with Crippen LogP contribution in [-0.4, -0.2) is 19.4 Å². The third-order valence-electron chi connectivity index (χ3n) is 4.20. The molecule has 0 radical (unpaired) electrons. The fourth-order valence-electron chi connectivity index (χ4n) is 2.77. The molecule has 0 spiro atoms. The average Bonchev–Trinajstić information content (AvgIpc) is 2.48. The van der Waals surface area contributed by atoms with Crippen LogP contribution in [0, 0.1) is 5.92 Å². The summed E-state index contributed by atoms with van der Waals surface area (Å²) in [7, 11) is -3.46. The van der Waals surface area contributed by atoms with Crippen LogP contribution in [0.15, 0.2) is 29.2 Å². The van der Waals surface area contributed by atoms with Gasteiger partial charge >= 0.3 is 0 Å². The van der Waals surface area contributed by atoms with Gasteiger partial charge in [0.05, 0.1) is 4.90 Å². The molecule has 116 valence electrons. The van der Waals surface area contributed by atoms with Crippen molar-refractivity contribution in [3.63, 3.8) is 0 Å². The molecule has 6 heteroatoms. The molecule has 0 bridgehead atoms. The zero-order valence-electron chi connectivity index (χ0n) is 12.2. The molecular formula is C15H22N2O2S2. The Bertz CT molecular complexity index is 589. The second-order valence-electron chi connectivity index (χ2n) is 5.64. The van der Waals surface area contributed by atoms with Crippen molar-refractivity contribution >= 4 is 27.2 Å². The van der Waals surface area contributed by atoms with Gasteiger partial charge in [0.2, 0.25) is 10.0 Å². The summed E-state index contributed by atoms with van der Waals surface area (Å²) < 4.78 is 27.5. The number of hydrogen-bond acceptors (Lipinski definition) is 3. The lowest BCUT2D eigenvalue weighted by Crippen LogP contribution is -2.37. The van der Waals surface area contributed by atoms with E-state index >= 15 is 0 Å².